The largest absolute Gasteiger partial charge is 0.381 e. The average molecular weight is 304 g/mol. The molecule has 20 heavy (non-hydrogen) atoms. The molecule has 6 nitrogen and oxygen atoms in total. The minimum absolute atomic E-state index is 0.0832. The highest BCUT2D eigenvalue weighted by molar-refractivity contribution is 7.88. The van der Waals surface area contributed by atoms with Crippen LogP contribution in [-0.4, -0.2) is 57.7 Å². The van der Waals surface area contributed by atoms with Crippen LogP contribution in [0.4, 0.5) is 0 Å². The van der Waals surface area contributed by atoms with Crippen molar-refractivity contribution in [3.63, 3.8) is 0 Å². The molecule has 1 amide bonds. The number of hydrogen-bond donors (Lipinski definition) is 1. The van der Waals surface area contributed by atoms with E-state index in [1.54, 1.807) is 0 Å². The summed E-state index contributed by atoms with van der Waals surface area (Å²) in [7, 11) is -3.07. The molecule has 2 saturated heterocycles. The molecule has 0 atom stereocenters. The molecule has 0 saturated carbocycles. The first-order valence-corrected chi connectivity index (χ1v) is 9.12. The van der Waals surface area contributed by atoms with Gasteiger partial charge in [-0.1, -0.05) is 0 Å². The van der Waals surface area contributed by atoms with E-state index >= 15 is 0 Å². The molecule has 0 radical (unpaired) electrons. The van der Waals surface area contributed by atoms with Crippen molar-refractivity contribution < 1.29 is 17.9 Å². The van der Waals surface area contributed by atoms with Gasteiger partial charge in [-0.2, -0.15) is 0 Å². The van der Waals surface area contributed by atoms with Crippen molar-refractivity contribution in [2.45, 2.75) is 25.7 Å². The van der Waals surface area contributed by atoms with Gasteiger partial charge in [-0.15, -0.1) is 0 Å². The molecule has 2 rings (SSSR count). The molecule has 0 aliphatic carbocycles. The summed E-state index contributed by atoms with van der Waals surface area (Å²) in [6.45, 7) is 3.14. The lowest BCUT2D eigenvalue weighted by Gasteiger charge is -2.30. The monoisotopic (exact) mass is 304 g/mol. The van der Waals surface area contributed by atoms with Gasteiger partial charge in [0.15, 0.2) is 0 Å². The number of ether oxygens (including phenoxy) is 1. The molecule has 0 unspecified atom stereocenters. The average Bonchev–Trinajstić information content (AvgIpc) is 2.45. The number of amides is 1. The van der Waals surface area contributed by atoms with E-state index in [9.17, 15) is 13.2 Å². The van der Waals surface area contributed by atoms with Gasteiger partial charge in [-0.3, -0.25) is 4.79 Å². The van der Waals surface area contributed by atoms with Crippen LogP contribution >= 0.6 is 0 Å². The Labute approximate surface area is 120 Å². The predicted octanol–water partition coefficient (Wildman–Crippen LogP) is 0.201. The summed E-state index contributed by atoms with van der Waals surface area (Å²) in [4.78, 5) is 12.0. The molecular weight excluding hydrogens is 280 g/mol. The van der Waals surface area contributed by atoms with Crippen LogP contribution in [0.2, 0.25) is 0 Å². The first-order valence-electron chi connectivity index (χ1n) is 7.27. The third-order valence-corrected chi connectivity index (χ3v) is 5.50. The van der Waals surface area contributed by atoms with Gasteiger partial charge in [0.2, 0.25) is 15.9 Å². The molecule has 0 aromatic carbocycles. The third kappa shape index (κ3) is 4.43. The molecule has 2 aliphatic heterocycles. The summed E-state index contributed by atoms with van der Waals surface area (Å²) < 4.78 is 29.6. The Morgan fingerprint density at radius 2 is 1.80 bits per heavy atom. The number of piperidine rings is 1. The highest BCUT2D eigenvalue weighted by atomic mass is 32.2. The Bertz CT molecular complexity index is 424. The molecule has 0 aromatic heterocycles. The molecular formula is C13H24N2O4S. The van der Waals surface area contributed by atoms with Crippen LogP contribution in [0.5, 0.6) is 0 Å². The quantitative estimate of drug-likeness (QED) is 0.805. The van der Waals surface area contributed by atoms with E-state index in [2.05, 4.69) is 5.32 Å². The number of carbonyl (C=O) groups excluding carboxylic acids is 1. The molecule has 116 valence electrons. The zero-order chi connectivity index (χ0) is 14.6. The van der Waals surface area contributed by atoms with Gasteiger partial charge in [0.1, 0.15) is 0 Å². The SMILES string of the molecule is CS(=O)(=O)N1CCC(CNC(=O)C2CCOCC2)CC1. The Balaban J connectivity index is 1.69. The summed E-state index contributed by atoms with van der Waals surface area (Å²) >= 11 is 0. The van der Waals surface area contributed by atoms with Gasteiger partial charge in [0.05, 0.1) is 6.26 Å². The highest BCUT2D eigenvalue weighted by Crippen LogP contribution is 2.19. The topological polar surface area (TPSA) is 75.7 Å². The molecule has 2 heterocycles. The van der Waals surface area contributed by atoms with E-state index in [-0.39, 0.29) is 11.8 Å². The summed E-state index contributed by atoms with van der Waals surface area (Å²) in [6, 6.07) is 0. The number of nitrogens with zero attached hydrogens (tertiary/aromatic N) is 1. The third-order valence-electron chi connectivity index (χ3n) is 4.20. The molecule has 7 heteroatoms. The first kappa shape index (κ1) is 15.7. The first-order chi connectivity index (χ1) is 9.47. The number of nitrogens with one attached hydrogen (secondary N) is 1. The molecule has 0 spiro atoms. The van der Waals surface area contributed by atoms with E-state index < -0.39 is 10.0 Å². The fourth-order valence-electron chi connectivity index (χ4n) is 2.79. The standard InChI is InChI=1S/C13H24N2O4S/c1-20(17,18)15-6-2-11(3-7-15)10-14-13(16)12-4-8-19-9-5-12/h11-12H,2-10H2,1H3,(H,14,16). The fourth-order valence-corrected chi connectivity index (χ4v) is 3.67. The van der Waals surface area contributed by atoms with E-state index in [1.807, 2.05) is 0 Å². The van der Waals surface area contributed by atoms with Gasteiger partial charge in [0.25, 0.3) is 0 Å². The maximum absolute atomic E-state index is 12.0. The van der Waals surface area contributed by atoms with Crippen molar-refractivity contribution in [1.29, 1.82) is 0 Å². The number of carbonyl (C=O) groups is 1. The normalized spacial score (nSPS) is 23.6. The Morgan fingerprint density at radius 1 is 1.20 bits per heavy atom. The van der Waals surface area contributed by atoms with Crippen LogP contribution in [0.3, 0.4) is 0 Å². The van der Waals surface area contributed by atoms with Crippen LogP contribution < -0.4 is 5.32 Å². The van der Waals surface area contributed by atoms with Crippen LogP contribution in [-0.2, 0) is 19.6 Å². The van der Waals surface area contributed by atoms with Gasteiger partial charge < -0.3 is 10.1 Å². The lowest BCUT2D eigenvalue weighted by atomic mass is 9.96. The van der Waals surface area contributed by atoms with Gasteiger partial charge in [-0.05, 0) is 31.6 Å². The second-order valence-electron chi connectivity index (χ2n) is 5.74. The van der Waals surface area contributed by atoms with Crippen molar-refractivity contribution >= 4 is 15.9 Å². The van der Waals surface area contributed by atoms with Gasteiger partial charge >= 0.3 is 0 Å². The Hall–Kier alpha value is -0.660. The van der Waals surface area contributed by atoms with E-state index in [0.29, 0.717) is 38.8 Å². The summed E-state index contributed by atoms with van der Waals surface area (Å²) in [6.07, 6.45) is 4.50. The number of rotatable bonds is 4. The van der Waals surface area contributed by atoms with Crippen LogP contribution in [0.15, 0.2) is 0 Å². The molecule has 2 aliphatic rings. The summed E-state index contributed by atoms with van der Waals surface area (Å²) in [5.41, 5.74) is 0. The van der Waals surface area contributed by atoms with Crippen molar-refractivity contribution in [2.75, 3.05) is 39.1 Å². The Morgan fingerprint density at radius 3 is 2.35 bits per heavy atom. The maximum atomic E-state index is 12.0. The van der Waals surface area contributed by atoms with E-state index in [0.717, 1.165) is 25.7 Å². The van der Waals surface area contributed by atoms with Crippen LogP contribution in [0.1, 0.15) is 25.7 Å². The fraction of sp³-hybridized carbons (Fsp3) is 0.923. The molecule has 0 bridgehead atoms. The zero-order valence-corrected chi connectivity index (χ0v) is 12.8. The molecule has 0 aromatic rings. The highest BCUT2D eigenvalue weighted by Gasteiger charge is 2.26. The lowest BCUT2D eigenvalue weighted by molar-refractivity contribution is -0.128. The minimum atomic E-state index is -3.07. The van der Waals surface area contributed by atoms with Crippen LogP contribution in [0.25, 0.3) is 0 Å². The smallest absolute Gasteiger partial charge is 0.223 e. The predicted molar refractivity (Wildman–Crippen MR) is 75.7 cm³/mol. The second kappa shape index (κ2) is 6.87. The number of sulfonamides is 1. The van der Waals surface area contributed by atoms with Crippen molar-refractivity contribution in [2.24, 2.45) is 11.8 Å². The number of hydrogen-bond acceptors (Lipinski definition) is 4. The van der Waals surface area contributed by atoms with Gasteiger partial charge in [0, 0.05) is 38.8 Å². The van der Waals surface area contributed by atoms with Crippen LogP contribution in [0, 0.1) is 11.8 Å². The molecule has 2 fully saturated rings. The van der Waals surface area contributed by atoms with Crippen molar-refractivity contribution in [1.82, 2.24) is 9.62 Å². The van der Waals surface area contributed by atoms with E-state index in [1.165, 1.54) is 10.6 Å². The lowest BCUT2D eigenvalue weighted by Crippen LogP contribution is -2.42. The second-order valence-corrected chi connectivity index (χ2v) is 7.72. The van der Waals surface area contributed by atoms with Crippen molar-refractivity contribution in [3.8, 4) is 0 Å². The Kier molecular flexibility index (Phi) is 5.40. The van der Waals surface area contributed by atoms with E-state index in [4.69, 9.17) is 4.74 Å². The minimum Gasteiger partial charge on any atom is -0.381 e. The maximum Gasteiger partial charge on any atom is 0.223 e. The summed E-state index contributed by atoms with van der Waals surface area (Å²) in [5, 5.41) is 3.01. The van der Waals surface area contributed by atoms with Crippen molar-refractivity contribution in [3.05, 3.63) is 0 Å². The summed E-state index contributed by atoms with van der Waals surface area (Å²) in [5.74, 6) is 0.593. The zero-order valence-electron chi connectivity index (χ0n) is 12.0. The van der Waals surface area contributed by atoms with Gasteiger partial charge in [-0.25, -0.2) is 12.7 Å². The molecule has 1 N–H and O–H groups in total.